The van der Waals surface area contributed by atoms with Crippen LogP contribution in [0.1, 0.15) is 36.6 Å². The molecule has 0 spiro atoms. The third kappa shape index (κ3) is 7.17. The fraction of sp³-hybridized carbons (Fsp3) is 0.219. The number of carbonyl (C=O) groups excluding carboxylic acids is 1. The molecule has 1 aliphatic rings. The normalized spacial score (nSPS) is 14.4. The van der Waals surface area contributed by atoms with Crippen molar-refractivity contribution in [3.63, 3.8) is 0 Å². The monoisotopic (exact) mass is 948 g/mol. The highest BCUT2D eigenvalue weighted by atomic mass is 127. The maximum atomic E-state index is 14.0. The van der Waals surface area contributed by atoms with E-state index in [1.165, 1.54) is 28.2 Å². The summed E-state index contributed by atoms with van der Waals surface area (Å²) in [5, 5.41) is 0. The summed E-state index contributed by atoms with van der Waals surface area (Å²) >= 11 is 8.07. The molecule has 0 aliphatic carbocycles. The molecule has 0 saturated heterocycles. The Morgan fingerprint density at radius 2 is 1.64 bits per heavy atom. The van der Waals surface area contributed by atoms with Crippen LogP contribution in [0.2, 0.25) is 0 Å². The largest absolute Gasteiger partial charge is 0.490 e. The van der Waals surface area contributed by atoms with E-state index in [1.807, 2.05) is 38.1 Å². The number of fused-ring (bicyclic) bond motifs is 1. The first-order valence-corrected chi connectivity index (χ1v) is 17.6. The molecule has 0 saturated carbocycles. The first-order chi connectivity index (χ1) is 21.2. The van der Waals surface area contributed by atoms with Crippen molar-refractivity contribution < 1.29 is 23.7 Å². The summed E-state index contributed by atoms with van der Waals surface area (Å²) in [5.74, 6) is 1.35. The highest BCUT2D eigenvalue weighted by Crippen LogP contribution is 2.35. The van der Waals surface area contributed by atoms with E-state index in [1.54, 1.807) is 16.7 Å². The number of thiazole rings is 1. The smallest absolute Gasteiger partial charge is 0.337 e. The third-order valence-corrected chi connectivity index (χ3v) is 9.94. The van der Waals surface area contributed by atoms with Crippen molar-refractivity contribution in [2.24, 2.45) is 4.99 Å². The van der Waals surface area contributed by atoms with Crippen LogP contribution in [-0.2, 0) is 16.1 Å². The number of halogens is 3. The van der Waals surface area contributed by atoms with Gasteiger partial charge < -0.3 is 18.9 Å². The van der Waals surface area contributed by atoms with E-state index in [0.717, 1.165) is 24.0 Å². The van der Waals surface area contributed by atoms with Gasteiger partial charge in [0.05, 0.1) is 43.6 Å². The average Bonchev–Trinajstić information content (AvgIpc) is 3.32. The molecule has 0 bridgehead atoms. The molecular weight excluding hydrogens is 921 g/mol. The predicted molar refractivity (Wildman–Crippen MR) is 195 cm³/mol. The van der Waals surface area contributed by atoms with Gasteiger partial charge in [0.25, 0.3) is 5.56 Å². The van der Waals surface area contributed by atoms with Gasteiger partial charge in [0, 0.05) is 9.77 Å². The van der Waals surface area contributed by atoms with Gasteiger partial charge in [-0.05, 0) is 141 Å². The zero-order chi connectivity index (χ0) is 31.4. The molecular formula is C32H27I3N2O6S. The van der Waals surface area contributed by atoms with Crippen molar-refractivity contribution in [1.82, 2.24) is 4.57 Å². The zero-order valence-electron chi connectivity index (χ0n) is 23.9. The zero-order valence-corrected chi connectivity index (χ0v) is 31.2. The molecule has 4 aromatic rings. The van der Waals surface area contributed by atoms with E-state index in [2.05, 4.69) is 97.0 Å². The first-order valence-electron chi connectivity index (χ1n) is 13.6. The van der Waals surface area contributed by atoms with Gasteiger partial charge in [-0.3, -0.25) is 9.36 Å². The Hall–Kier alpha value is -2.44. The Kier molecular flexibility index (Phi) is 11.1. The van der Waals surface area contributed by atoms with Crippen LogP contribution >= 0.6 is 79.1 Å². The molecule has 8 nitrogen and oxygen atoms in total. The number of nitrogens with zero attached hydrogens (tertiary/aromatic N) is 2. The van der Waals surface area contributed by atoms with Crippen LogP contribution in [-0.4, -0.2) is 30.9 Å². The second-order valence-corrected chi connectivity index (χ2v) is 14.1. The molecule has 1 aromatic heterocycles. The summed E-state index contributed by atoms with van der Waals surface area (Å²) in [6.45, 7) is 5.14. The summed E-state index contributed by atoms with van der Waals surface area (Å²) < 4.78 is 27.9. The Morgan fingerprint density at radius 1 is 0.955 bits per heavy atom. The lowest BCUT2D eigenvalue weighted by molar-refractivity contribution is -0.136. The lowest BCUT2D eigenvalue weighted by atomic mass is 9.97. The van der Waals surface area contributed by atoms with Crippen molar-refractivity contribution >= 4 is 91.2 Å². The van der Waals surface area contributed by atoms with Crippen molar-refractivity contribution in [1.29, 1.82) is 0 Å². The van der Waals surface area contributed by atoms with Crippen LogP contribution in [0, 0.1) is 10.7 Å². The highest BCUT2D eigenvalue weighted by Gasteiger charge is 2.31. The number of esters is 1. The minimum atomic E-state index is -0.756. The molecule has 5 rings (SSSR count). The maximum absolute atomic E-state index is 14.0. The number of carbonyl (C=O) groups is 1. The van der Waals surface area contributed by atoms with Gasteiger partial charge in [0.15, 0.2) is 16.3 Å². The van der Waals surface area contributed by atoms with Crippen molar-refractivity contribution in [3.05, 3.63) is 113 Å². The molecule has 0 N–H and O–H groups in total. The standard InChI is InChI=1S/C32H27I3N2O6S/c1-4-41-25-11-8-20(15-26(25)42-5-2)28-22(31(39)40-3)16-36-32-37(28)30(38)27(44-32)14-19-12-23(34)29(24(35)13-19)43-17-18-6-9-21(33)10-7-18/h6-16,28H,4-5,17H2,1-3H3/b27-14-/t28-/m0/s1. The number of rotatable bonds is 10. The first kappa shape index (κ1) is 32.9. The summed E-state index contributed by atoms with van der Waals surface area (Å²) in [5.41, 5.74) is 2.61. The summed E-state index contributed by atoms with van der Waals surface area (Å²) in [6, 6.07) is 16.9. The van der Waals surface area contributed by atoms with Gasteiger partial charge in [-0.25, -0.2) is 9.79 Å². The third-order valence-electron chi connectivity index (χ3n) is 6.62. The Bertz CT molecular complexity index is 1890. The van der Waals surface area contributed by atoms with Crippen molar-refractivity contribution in [3.8, 4) is 17.2 Å². The fourth-order valence-corrected chi connectivity index (χ4v) is 8.13. The Morgan fingerprint density at radius 3 is 2.30 bits per heavy atom. The van der Waals surface area contributed by atoms with E-state index in [9.17, 15) is 9.59 Å². The van der Waals surface area contributed by atoms with E-state index in [0.29, 0.717) is 46.2 Å². The predicted octanol–water partition coefficient (Wildman–Crippen LogP) is 6.21. The SMILES string of the molecule is CCOc1ccc([C@H]2C(C(=O)OC)=CN=c3s/c(=C\c4cc(I)c(OCc5ccc(I)cc5)c(I)c4)c(=O)n32)cc1OCC. The highest BCUT2D eigenvalue weighted by molar-refractivity contribution is 14.1. The van der Waals surface area contributed by atoms with Crippen molar-refractivity contribution in [2.45, 2.75) is 26.5 Å². The summed E-state index contributed by atoms with van der Waals surface area (Å²) in [7, 11) is 1.31. The minimum Gasteiger partial charge on any atom is -0.490 e. The number of methoxy groups -OCH3 is 1. The molecule has 44 heavy (non-hydrogen) atoms. The molecule has 0 unspecified atom stereocenters. The van der Waals surface area contributed by atoms with Gasteiger partial charge in [0.1, 0.15) is 12.4 Å². The lowest BCUT2D eigenvalue weighted by Gasteiger charge is -2.23. The Balaban J connectivity index is 1.54. The number of hydrogen-bond donors (Lipinski definition) is 0. The van der Waals surface area contributed by atoms with Crippen LogP contribution in [0.15, 0.2) is 76.2 Å². The number of ether oxygens (including phenoxy) is 4. The summed E-state index contributed by atoms with van der Waals surface area (Å²) in [6.07, 6.45) is 3.33. The second-order valence-electron chi connectivity index (χ2n) is 9.48. The van der Waals surface area contributed by atoms with Gasteiger partial charge >= 0.3 is 5.97 Å². The second kappa shape index (κ2) is 14.8. The molecule has 0 amide bonds. The molecule has 2 heterocycles. The topological polar surface area (TPSA) is 88.4 Å². The number of hydrogen-bond acceptors (Lipinski definition) is 8. The number of aromatic nitrogens is 1. The lowest BCUT2D eigenvalue weighted by Crippen LogP contribution is -2.39. The molecule has 0 fully saturated rings. The van der Waals surface area contributed by atoms with Crippen LogP contribution < -0.4 is 29.1 Å². The van der Waals surface area contributed by atoms with Gasteiger partial charge in [0.2, 0.25) is 0 Å². The van der Waals surface area contributed by atoms with Crippen LogP contribution in [0.4, 0.5) is 0 Å². The molecule has 3 aromatic carbocycles. The van der Waals surface area contributed by atoms with E-state index >= 15 is 0 Å². The molecule has 1 atom stereocenters. The van der Waals surface area contributed by atoms with Crippen LogP contribution in [0.5, 0.6) is 17.2 Å². The van der Waals surface area contributed by atoms with E-state index in [4.69, 9.17) is 18.9 Å². The maximum Gasteiger partial charge on any atom is 0.337 e. The molecule has 1 aliphatic heterocycles. The minimum absolute atomic E-state index is 0.247. The molecule has 12 heteroatoms. The van der Waals surface area contributed by atoms with Crippen LogP contribution in [0.25, 0.3) is 6.08 Å². The van der Waals surface area contributed by atoms with Gasteiger partial charge in [-0.15, -0.1) is 0 Å². The molecule has 0 radical (unpaired) electrons. The van der Waals surface area contributed by atoms with Gasteiger partial charge in [-0.2, -0.15) is 0 Å². The average molecular weight is 948 g/mol. The summed E-state index contributed by atoms with van der Waals surface area (Å²) in [4.78, 5) is 31.8. The van der Waals surface area contributed by atoms with Crippen molar-refractivity contribution in [2.75, 3.05) is 20.3 Å². The molecule has 228 valence electrons. The van der Waals surface area contributed by atoms with E-state index < -0.39 is 12.0 Å². The van der Waals surface area contributed by atoms with Crippen LogP contribution in [0.3, 0.4) is 0 Å². The van der Waals surface area contributed by atoms with Gasteiger partial charge in [-0.1, -0.05) is 29.5 Å². The fourth-order valence-electron chi connectivity index (χ4n) is 4.68. The quantitative estimate of drug-likeness (QED) is 0.139. The van der Waals surface area contributed by atoms with E-state index in [-0.39, 0.29) is 11.1 Å². The number of benzene rings is 3. The Labute approximate surface area is 299 Å².